The van der Waals surface area contributed by atoms with Crippen LogP contribution in [0.3, 0.4) is 0 Å². The topological polar surface area (TPSA) is 44.5 Å². The number of hydrogen-bond acceptors (Lipinski definition) is 3. The molecule has 1 aliphatic rings. The minimum Gasteiger partial charge on any atom is -0.484 e. The first-order chi connectivity index (χ1) is 8.20. The summed E-state index contributed by atoms with van der Waals surface area (Å²) in [5.41, 5.74) is 6.76. The predicted molar refractivity (Wildman–Crippen MR) is 68.8 cm³/mol. The van der Waals surface area contributed by atoms with Crippen LogP contribution in [0.4, 0.5) is 0 Å². The van der Waals surface area contributed by atoms with Crippen molar-refractivity contribution in [2.75, 3.05) is 19.8 Å². The Morgan fingerprint density at radius 3 is 2.82 bits per heavy atom. The summed E-state index contributed by atoms with van der Waals surface area (Å²) in [6.07, 6.45) is 1.12. The Kier molecular flexibility index (Phi) is 4.26. The van der Waals surface area contributed by atoms with E-state index in [1.165, 1.54) is 5.56 Å². The third-order valence-corrected chi connectivity index (χ3v) is 3.32. The van der Waals surface area contributed by atoms with Crippen molar-refractivity contribution in [3.05, 3.63) is 28.8 Å². The van der Waals surface area contributed by atoms with Gasteiger partial charge < -0.3 is 15.2 Å². The average molecular weight is 256 g/mol. The van der Waals surface area contributed by atoms with Crippen LogP contribution in [0.2, 0.25) is 5.02 Å². The molecule has 1 aliphatic heterocycles. The molecular weight excluding hydrogens is 238 g/mol. The van der Waals surface area contributed by atoms with E-state index in [1.54, 1.807) is 0 Å². The molecule has 0 amide bonds. The zero-order chi connectivity index (χ0) is 12.3. The lowest BCUT2D eigenvalue weighted by molar-refractivity contribution is -0.0796. The summed E-state index contributed by atoms with van der Waals surface area (Å²) in [5, 5.41) is 0.665. The molecular formula is C13H18ClNO2. The average Bonchev–Trinajstić information content (AvgIpc) is 2.25. The molecule has 0 saturated carbocycles. The summed E-state index contributed by atoms with van der Waals surface area (Å²) < 4.78 is 10.8. The van der Waals surface area contributed by atoms with E-state index in [0.717, 1.165) is 12.2 Å². The summed E-state index contributed by atoms with van der Waals surface area (Å²) in [6.45, 7) is 4.15. The summed E-state index contributed by atoms with van der Waals surface area (Å²) >= 11 is 6.20. The second-order valence-electron chi connectivity index (χ2n) is 4.45. The van der Waals surface area contributed by atoms with Gasteiger partial charge in [0.05, 0.1) is 18.2 Å². The predicted octanol–water partition coefficient (Wildman–Crippen LogP) is 2.57. The Labute approximate surface area is 107 Å². The van der Waals surface area contributed by atoms with Gasteiger partial charge in [-0.2, -0.15) is 0 Å². The molecule has 2 rings (SSSR count). The fourth-order valence-corrected chi connectivity index (χ4v) is 2.03. The van der Waals surface area contributed by atoms with Crippen molar-refractivity contribution in [2.45, 2.75) is 25.4 Å². The van der Waals surface area contributed by atoms with Gasteiger partial charge in [-0.3, -0.25) is 0 Å². The van der Waals surface area contributed by atoms with E-state index in [0.29, 0.717) is 30.7 Å². The molecule has 1 saturated heterocycles. The fourth-order valence-electron chi connectivity index (χ4n) is 1.80. The molecule has 4 heteroatoms. The molecule has 1 heterocycles. The first-order valence-corrected chi connectivity index (χ1v) is 6.32. The Balaban J connectivity index is 2.04. The molecule has 0 radical (unpaired) electrons. The highest BCUT2D eigenvalue weighted by atomic mass is 35.5. The lowest BCUT2D eigenvalue weighted by atomic mass is 9.98. The maximum absolute atomic E-state index is 6.20. The largest absolute Gasteiger partial charge is 0.484 e. The smallest absolute Gasteiger partial charge is 0.145 e. The maximum Gasteiger partial charge on any atom is 0.145 e. The molecule has 1 aromatic carbocycles. The number of rotatable bonds is 5. The Morgan fingerprint density at radius 1 is 1.53 bits per heavy atom. The lowest BCUT2D eigenvalue weighted by Crippen LogP contribution is -2.38. The van der Waals surface area contributed by atoms with Gasteiger partial charge in [-0.25, -0.2) is 0 Å². The van der Waals surface area contributed by atoms with Crippen molar-refractivity contribution >= 4 is 11.6 Å². The van der Waals surface area contributed by atoms with E-state index in [4.69, 9.17) is 26.8 Å². The normalized spacial score (nSPS) is 17.6. The third kappa shape index (κ3) is 3.12. The van der Waals surface area contributed by atoms with Crippen LogP contribution >= 0.6 is 11.6 Å². The minimum atomic E-state index is 0.153. The summed E-state index contributed by atoms with van der Waals surface area (Å²) in [7, 11) is 0. The van der Waals surface area contributed by atoms with Crippen molar-refractivity contribution in [1.29, 1.82) is 0 Å². The van der Waals surface area contributed by atoms with Gasteiger partial charge in [0.25, 0.3) is 0 Å². The zero-order valence-corrected chi connectivity index (χ0v) is 10.7. The molecule has 0 aromatic heterocycles. The molecule has 3 nitrogen and oxygen atoms in total. The van der Waals surface area contributed by atoms with Crippen molar-refractivity contribution in [1.82, 2.24) is 0 Å². The van der Waals surface area contributed by atoms with E-state index < -0.39 is 0 Å². The van der Waals surface area contributed by atoms with Crippen LogP contribution in [0.25, 0.3) is 0 Å². The van der Waals surface area contributed by atoms with Gasteiger partial charge in [-0.1, -0.05) is 24.6 Å². The third-order valence-electron chi connectivity index (χ3n) is 3.03. The number of benzene rings is 1. The van der Waals surface area contributed by atoms with Crippen LogP contribution in [0.15, 0.2) is 18.2 Å². The summed E-state index contributed by atoms with van der Waals surface area (Å²) in [6, 6.07) is 5.96. The summed E-state index contributed by atoms with van der Waals surface area (Å²) in [4.78, 5) is 0. The molecule has 1 atom stereocenters. The van der Waals surface area contributed by atoms with Crippen LogP contribution < -0.4 is 10.5 Å². The highest BCUT2D eigenvalue weighted by Crippen LogP contribution is 2.30. The van der Waals surface area contributed by atoms with Crippen molar-refractivity contribution in [3.63, 3.8) is 0 Å². The Bertz CT molecular complexity index is 380. The molecule has 1 fully saturated rings. The van der Waals surface area contributed by atoms with Crippen LogP contribution in [-0.4, -0.2) is 25.9 Å². The van der Waals surface area contributed by atoms with Crippen molar-refractivity contribution in [2.24, 2.45) is 5.73 Å². The van der Waals surface area contributed by atoms with Gasteiger partial charge >= 0.3 is 0 Å². The zero-order valence-electron chi connectivity index (χ0n) is 9.99. The molecule has 94 valence electrons. The van der Waals surface area contributed by atoms with Gasteiger partial charge in [0, 0.05) is 0 Å². The van der Waals surface area contributed by atoms with E-state index >= 15 is 0 Å². The summed E-state index contributed by atoms with van der Waals surface area (Å²) in [5.74, 6) is 1.17. The van der Waals surface area contributed by atoms with Gasteiger partial charge in [-0.05, 0) is 36.6 Å². The maximum atomic E-state index is 6.20. The lowest BCUT2D eigenvalue weighted by Gasteiger charge is -2.27. The van der Waals surface area contributed by atoms with Gasteiger partial charge in [0.1, 0.15) is 11.9 Å². The van der Waals surface area contributed by atoms with Crippen LogP contribution in [0.1, 0.15) is 24.8 Å². The number of hydrogen-bond donors (Lipinski definition) is 1. The van der Waals surface area contributed by atoms with Crippen molar-refractivity contribution in [3.8, 4) is 5.75 Å². The molecule has 17 heavy (non-hydrogen) atoms. The second kappa shape index (κ2) is 5.71. The number of ether oxygens (including phenoxy) is 2. The van der Waals surface area contributed by atoms with E-state index in [9.17, 15) is 0 Å². The molecule has 0 bridgehead atoms. The second-order valence-corrected chi connectivity index (χ2v) is 4.85. The minimum absolute atomic E-state index is 0.153. The Morgan fingerprint density at radius 2 is 2.29 bits per heavy atom. The van der Waals surface area contributed by atoms with Crippen LogP contribution in [0.5, 0.6) is 5.75 Å². The SMILES string of the molecule is CC(CCN)c1ccc(OC2COC2)c(Cl)c1. The first kappa shape index (κ1) is 12.7. The van der Waals surface area contributed by atoms with Crippen LogP contribution in [0, 0.1) is 0 Å². The molecule has 1 aromatic rings. The number of halogens is 1. The van der Waals surface area contributed by atoms with E-state index in [2.05, 4.69) is 13.0 Å². The van der Waals surface area contributed by atoms with Gasteiger partial charge in [-0.15, -0.1) is 0 Å². The quantitative estimate of drug-likeness (QED) is 0.880. The monoisotopic (exact) mass is 255 g/mol. The first-order valence-electron chi connectivity index (χ1n) is 5.94. The molecule has 0 aliphatic carbocycles. The number of nitrogens with two attached hydrogens (primary N) is 1. The van der Waals surface area contributed by atoms with Gasteiger partial charge in [0.2, 0.25) is 0 Å². The fraction of sp³-hybridized carbons (Fsp3) is 0.538. The van der Waals surface area contributed by atoms with Crippen molar-refractivity contribution < 1.29 is 9.47 Å². The Hall–Kier alpha value is -0.770. The van der Waals surface area contributed by atoms with Crippen LogP contribution in [-0.2, 0) is 4.74 Å². The van der Waals surface area contributed by atoms with E-state index in [-0.39, 0.29) is 6.10 Å². The highest BCUT2D eigenvalue weighted by Gasteiger charge is 2.21. The van der Waals surface area contributed by atoms with Gasteiger partial charge in [0.15, 0.2) is 0 Å². The molecule has 2 N–H and O–H groups in total. The standard InChI is InChI=1S/C13H18ClNO2/c1-9(4-5-15)10-2-3-13(12(14)6-10)17-11-7-16-8-11/h2-3,6,9,11H,4-5,7-8,15H2,1H3. The highest BCUT2D eigenvalue weighted by molar-refractivity contribution is 6.32. The van der Waals surface area contributed by atoms with E-state index in [1.807, 2.05) is 12.1 Å². The molecule has 1 unspecified atom stereocenters. The molecule has 0 spiro atoms.